The maximum atomic E-state index is 12.8. The zero-order chi connectivity index (χ0) is 17.4. The van der Waals surface area contributed by atoms with Crippen molar-refractivity contribution in [2.24, 2.45) is 0 Å². The van der Waals surface area contributed by atoms with Gasteiger partial charge in [0.25, 0.3) is 0 Å². The fourth-order valence-corrected chi connectivity index (χ4v) is 5.32. The first-order valence-electron chi connectivity index (χ1n) is 9.41. The number of nitrogens with one attached hydrogen (secondary N) is 1. The van der Waals surface area contributed by atoms with E-state index in [0.29, 0.717) is 6.04 Å². The van der Waals surface area contributed by atoms with Crippen LogP contribution in [0.4, 0.5) is 9.93 Å². The number of likely N-dealkylation sites (tertiary alicyclic amines) is 1. The lowest BCUT2D eigenvalue weighted by atomic mass is 9.91. The van der Waals surface area contributed by atoms with Crippen LogP contribution in [0.1, 0.15) is 43.7 Å². The van der Waals surface area contributed by atoms with Crippen LogP contribution in [0.2, 0.25) is 0 Å². The van der Waals surface area contributed by atoms with Gasteiger partial charge in [-0.2, -0.15) is 0 Å². The molecule has 25 heavy (non-hydrogen) atoms. The quantitative estimate of drug-likeness (QED) is 0.896. The number of carbonyl (C=O) groups excluding carboxylic acids is 1. The fourth-order valence-electron chi connectivity index (χ4n) is 4.19. The molecule has 7 heteroatoms. The molecular weight excluding hydrogens is 336 g/mol. The highest BCUT2D eigenvalue weighted by atomic mass is 32.1. The van der Waals surface area contributed by atoms with Crippen molar-refractivity contribution in [2.75, 3.05) is 44.7 Å². The number of rotatable bonds is 3. The van der Waals surface area contributed by atoms with Gasteiger partial charge in [-0.15, -0.1) is 11.3 Å². The monoisotopic (exact) mass is 364 g/mol. The average molecular weight is 365 g/mol. The number of anilines is 1. The molecule has 4 rings (SSSR count). The number of nitrogens with zero attached hydrogens (tertiary/aromatic N) is 3. The van der Waals surface area contributed by atoms with E-state index in [-0.39, 0.29) is 11.4 Å². The van der Waals surface area contributed by atoms with E-state index in [1.165, 1.54) is 10.6 Å². The fraction of sp³-hybridized carbons (Fsp3) is 0.778. The molecule has 0 bridgehead atoms. The molecule has 138 valence electrons. The number of fused-ring (bicyclic) bond motifs is 1. The molecule has 2 aliphatic heterocycles. The maximum Gasteiger partial charge on any atom is 0.323 e. The van der Waals surface area contributed by atoms with E-state index in [9.17, 15) is 4.79 Å². The van der Waals surface area contributed by atoms with Crippen LogP contribution in [0.15, 0.2) is 0 Å². The van der Waals surface area contributed by atoms with Gasteiger partial charge in [0.1, 0.15) is 0 Å². The molecular formula is C18H28N4O2S. The highest BCUT2D eigenvalue weighted by Gasteiger charge is 2.35. The summed E-state index contributed by atoms with van der Waals surface area (Å²) in [5.41, 5.74) is 1.32. The summed E-state index contributed by atoms with van der Waals surface area (Å²) in [5.74, 6) is 0. The van der Waals surface area contributed by atoms with E-state index in [2.05, 4.69) is 24.1 Å². The minimum absolute atomic E-state index is 0.0148. The lowest BCUT2D eigenvalue weighted by molar-refractivity contribution is 0.0296. The van der Waals surface area contributed by atoms with Gasteiger partial charge in [0.2, 0.25) is 0 Å². The Morgan fingerprint density at radius 2 is 2.16 bits per heavy atom. The van der Waals surface area contributed by atoms with Crippen LogP contribution in [0, 0.1) is 0 Å². The minimum Gasteiger partial charge on any atom is -0.379 e. The van der Waals surface area contributed by atoms with Crippen molar-refractivity contribution >= 4 is 22.5 Å². The number of amides is 2. The molecule has 2 saturated heterocycles. The Bertz CT molecular complexity index is 639. The number of hydrogen-bond donors (Lipinski definition) is 1. The Morgan fingerprint density at radius 1 is 1.36 bits per heavy atom. The first kappa shape index (κ1) is 17.2. The summed E-state index contributed by atoms with van der Waals surface area (Å²) < 4.78 is 5.42. The summed E-state index contributed by atoms with van der Waals surface area (Å²) in [6.45, 7) is 9.83. The van der Waals surface area contributed by atoms with E-state index < -0.39 is 0 Å². The van der Waals surface area contributed by atoms with E-state index in [1.807, 2.05) is 4.90 Å². The number of aromatic nitrogens is 1. The zero-order valence-electron chi connectivity index (χ0n) is 15.2. The number of morpholine rings is 1. The first-order valence-corrected chi connectivity index (χ1v) is 10.2. The molecule has 1 N–H and O–H groups in total. The van der Waals surface area contributed by atoms with Gasteiger partial charge in [-0.1, -0.05) is 13.8 Å². The predicted molar refractivity (Wildman–Crippen MR) is 99.5 cm³/mol. The standard InChI is InChI=1S/C18H28N4O2S/c1-18(2)6-5-14-15(18)19-16(25-14)20-17(23)22-7-3-4-13(22)12-21-8-10-24-11-9-21/h13H,3-12H2,1-2H3,(H,19,20,23)/t13-/m0/s1. The highest BCUT2D eigenvalue weighted by Crippen LogP contribution is 2.42. The van der Waals surface area contributed by atoms with E-state index in [0.717, 1.165) is 70.2 Å². The SMILES string of the molecule is CC1(C)CCc2sc(NC(=O)N3CCC[C@H]3CN3CCOCC3)nc21. The molecule has 2 fully saturated rings. The smallest absolute Gasteiger partial charge is 0.323 e. The van der Waals surface area contributed by atoms with Crippen LogP contribution >= 0.6 is 11.3 Å². The molecule has 6 nitrogen and oxygen atoms in total. The summed E-state index contributed by atoms with van der Waals surface area (Å²) in [6, 6.07) is 0.322. The number of ether oxygens (including phenoxy) is 1. The molecule has 2 amide bonds. The van der Waals surface area contributed by atoms with Crippen LogP contribution in [-0.2, 0) is 16.6 Å². The summed E-state index contributed by atoms with van der Waals surface area (Å²) in [5, 5.41) is 3.83. The van der Waals surface area contributed by atoms with Gasteiger partial charge >= 0.3 is 6.03 Å². The van der Waals surface area contributed by atoms with Gasteiger partial charge in [0.15, 0.2) is 5.13 Å². The zero-order valence-corrected chi connectivity index (χ0v) is 16.0. The number of urea groups is 1. The van der Waals surface area contributed by atoms with Crippen molar-refractivity contribution in [3.8, 4) is 0 Å². The Labute approximate surface area is 153 Å². The average Bonchev–Trinajstić information content (AvgIpc) is 3.26. The van der Waals surface area contributed by atoms with Crippen LogP contribution in [-0.4, -0.2) is 66.2 Å². The molecule has 0 spiro atoms. The number of hydrogen-bond acceptors (Lipinski definition) is 5. The lowest BCUT2D eigenvalue weighted by Gasteiger charge is -2.32. The topological polar surface area (TPSA) is 57.7 Å². The van der Waals surface area contributed by atoms with Crippen LogP contribution in [0.5, 0.6) is 0 Å². The van der Waals surface area contributed by atoms with E-state index >= 15 is 0 Å². The second-order valence-electron chi connectivity index (χ2n) is 8.01. The maximum absolute atomic E-state index is 12.8. The predicted octanol–water partition coefficient (Wildman–Crippen LogP) is 2.70. The molecule has 1 aliphatic carbocycles. The van der Waals surface area contributed by atoms with E-state index in [4.69, 9.17) is 9.72 Å². The Kier molecular flexibility index (Phi) is 4.73. The summed E-state index contributed by atoms with van der Waals surface area (Å²) in [4.78, 5) is 23.3. The number of thiazole rings is 1. The molecule has 1 aromatic heterocycles. The molecule has 0 aromatic carbocycles. The van der Waals surface area contributed by atoms with Gasteiger partial charge < -0.3 is 9.64 Å². The highest BCUT2D eigenvalue weighted by molar-refractivity contribution is 7.16. The first-order chi connectivity index (χ1) is 12.0. The molecule has 3 aliphatic rings. The molecule has 1 atom stereocenters. The molecule has 0 radical (unpaired) electrons. The van der Waals surface area contributed by atoms with Crippen LogP contribution in [0.25, 0.3) is 0 Å². The normalized spacial score (nSPS) is 26.0. The Hall–Kier alpha value is -1.18. The third-order valence-electron chi connectivity index (χ3n) is 5.74. The van der Waals surface area contributed by atoms with Crippen LogP contribution < -0.4 is 5.32 Å². The summed E-state index contributed by atoms with van der Waals surface area (Å²) >= 11 is 1.65. The van der Waals surface area contributed by atoms with Gasteiger partial charge in [-0.05, 0) is 25.7 Å². The van der Waals surface area contributed by atoms with Crippen molar-refractivity contribution in [2.45, 2.75) is 51.0 Å². The lowest BCUT2D eigenvalue weighted by Crippen LogP contribution is -2.47. The van der Waals surface area contributed by atoms with Crippen molar-refractivity contribution in [1.29, 1.82) is 0 Å². The molecule has 0 unspecified atom stereocenters. The van der Waals surface area contributed by atoms with Crippen molar-refractivity contribution in [1.82, 2.24) is 14.8 Å². The minimum atomic E-state index is 0.0148. The third kappa shape index (κ3) is 3.55. The van der Waals surface area contributed by atoms with E-state index in [1.54, 1.807) is 11.3 Å². The van der Waals surface area contributed by atoms with Gasteiger partial charge in [-0.25, -0.2) is 9.78 Å². The Morgan fingerprint density at radius 3 is 2.92 bits per heavy atom. The van der Waals surface area contributed by atoms with Crippen LogP contribution in [0.3, 0.4) is 0 Å². The summed E-state index contributed by atoms with van der Waals surface area (Å²) in [6.07, 6.45) is 4.42. The van der Waals surface area contributed by atoms with Crippen molar-refractivity contribution < 1.29 is 9.53 Å². The van der Waals surface area contributed by atoms with Gasteiger partial charge in [-0.3, -0.25) is 10.2 Å². The van der Waals surface area contributed by atoms with Gasteiger partial charge in [0, 0.05) is 42.5 Å². The third-order valence-corrected chi connectivity index (χ3v) is 6.77. The Balaban J connectivity index is 1.38. The largest absolute Gasteiger partial charge is 0.379 e. The van der Waals surface area contributed by atoms with Gasteiger partial charge in [0.05, 0.1) is 18.9 Å². The number of carbonyl (C=O) groups is 1. The summed E-state index contributed by atoms with van der Waals surface area (Å²) in [7, 11) is 0. The molecule has 3 heterocycles. The van der Waals surface area contributed by atoms with Crippen molar-refractivity contribution in [3.05, 3.63) is 10.6 Å². The second kappa shape index (κ2) is 6.85. The molecule has 1 aromatic rings. The second-order valence-corrected chi connectivity index (χ2v) is 9.09. The van der Waals surface area contributed by atoms with Crippen molar-refractivity contribution in [3.63, 3.8) is 0 Å². The number of aryl methyl sites for hydroxylation is 1. The molecule has 0 saturated carbocycles.